The maximum Gasteiger partial charge on any atom is 0.130 e. The predicted octanol–water partition coefficient (Wildman–Crippen LogP) is 3.89. The molecule has 0 aliphatic rings. The van der Waals surface area contributed by atoms with E-state index in [-0.39, 0.29) is 0 Å². The van der Waals surface area contributed by atoms with Gasteiger partial charge in [0.2, 0.25) is 0 Å². The van der Waals surface area contributed by atoms with Crippen molar-refractivity contribution in [2.45, 2.75) is 18.4 Å². The van der Waals surface area contributed by atoms with Crippen LogP contribution in [0.1, 0.15) is 23.2 Å². The van der Waals surface area contributed by atoms with Crippen molar-refractivity contribution < 1.29 is 9.84 Å². The molecule has 0 saturated carbocycles. The van der Waals surface area contributed by atoms with Gasteiger partial charge in [0.15, 0.2) is 0 Å². The van der Waals surface area contributed by atoms with Crippen LogP contribution in [0.25, 0.3) is 0 Å². The van der Waals surface area contributed by atoms with Crippen LogP contribution in [0, 0.1) is 0 Å². The summed E-state index contributed by atoms with van der Waals surface area (Å²) < 4.78 is 5.42. The summed E-state index contributed by atoms with van der Waals surface area (Å²) >= 11 is 0. The van der Waals surface area contributed by atoms with E-state index in [1.54, 1.807) is 7.11 Å². The van der Waals surface area contributed by atoms with Gasteiger partial charge >= 0.3 is 0 Å². The number of ether oxygens (including phenoxy) is 1. The number of rotatable bonds is 6. The van der Waals surface area contributed by atoms with Crippen LogP contribution in [0.3, 0.4) is 0 Å². The molecule has 2 aromatic carbocycles. The topological polar surface area (TPSA) is 45.2 Å². The van der Waals surface area contributed by atoms with Crippen molar-refractivity contribution in [2.75, 3.05) is 7.11 Å². The van der Waals surface area contributed by atoms with Gasteiger partial charge in [0.1, 0.15) is 11.4 Å². The van der Waals surface area contributed by atoms with Crippen molar-refractivity contribution >= 4 is 0 Å². The molecule has 0 saturated heterocycles. The summed E-state index contributed by atoms with van der Waals surface area (Å²) in [5.74, 6) is 0.856. The number of benzene rings is 2. The minimum absolute atomic E-state index is 0.567. The largest absolute Gasteiger partial charge is 0.496 e. The maximum atomic E-state index is 11.4. The Morgan fingerprint density at radius 3 is 2.39 bits per heavy atom. The molecule has 1 heterocycles. The highest BCUT2D eigenvalue weighted by Crippen LogP contribution is 2.34. The van der Waals surface area contributed by atoms with Crippen molar-refractivity contribution in [1.82, 2.24) is 4.98 Å². The summed E-state index contributed by atoms with van der Waals surface area (Å²) in [5.41, 5.74) is 1.73. The molecule has 1 unspecified atom stereocenters. The second-order valence-electron chi connectivity index (χ2n) is 5.62. The van der Waals surface area contributed by atoms with Crippen LogP contribution < -0.4 is 4.74 Å². The van der Waals surface area contributed by atoms with Gasteiger partial charge in [-0.1, -0.05) is 48.5 Å². The van der Waals surface area contributed by atoms with Crippen LogP contribution in [-0.2, 0) is 12.0 Å². The van der Waals surface area contributed by atoms with Crippen molar-refractivity contribution in [1.29, 1.82) is 0 Å². The Bertz CT molecular complexity index is 737. The molecular formula is C20H21NO2. The molecule has 0 aliphatic heterocycles. The summed E-state index contributed by atoms with van der Waals surface area (Å²) in [6, 6.07) is 21.6. The Morgan fingerprint density at radius 2 is 1.70 bits per heavy atom. The second-order valence-corrected chi connectivity index (χ2v) is 5.62. The van der Waals surface area contributed by atoms with Crippen molar-refractivity contribution in [2.24, 2.45) is 0 Å². The third kappa shape index (κ3) is 3.15. The zero-order valence-corrected chi connectivity index (χ0v) is 13.2. The molecule has 1 aromatic heterocycles. The Hall–Kier alpha value is -2.52. The van der Waals surface area contributed by atoms with Crippen molar-refractivity contribution in [3.63, 3.8) is 0 Å². The molecule has 1 atom stereocenters. The molecule has 0 fully saturated rings. The summed E-state index contributed by atoms with van der Waals surface area (Å²) in [4.78, 5) is 3.16. The summed E-state index contributed by atoms with van der Waals surface area (Å²) in [5, 5.41) is 11.4. The number of aromatic nitrogens is 1. The summed E-state index contributed by atoms with van der Waals surface area (Å²) in [7, 11) is 1.67. The zero-order valence-electron chi connectivity index (χ0n) is 13.2. The summed E-state index contributed by atoms with van der Waals surface area (Å²) in [6.07, 6.45) is 3.12. The number of aliphatic hydroxyl groups is 1. The molecule has 0 bridgehead atoms. The molecule has 3 nitrogen and oxygen atoms in total. The highest BCUT2D eigenvalue weighted by Gasteiger charge is 2.32. The van der Waals surface area contributed by atoms with Gasteiger partial charge in [0, 0.05) is 6.20 Å². The number of para-hydroxylation sites is 1. The number of aryl methyl sites for hydroxylation is 1. The lowest BCUT2D eigenvalue weighted by Gasteiger charge is -2.28. The fourth-order valence-electron chi connectivity index (χ4n) is 2.96. The Morgan fingerprint density at radius 1 is 0.957 bits per heavy atom. The zero-order chi connectivity index (χ0) is 16.1. The maximum absolute atomic E-state index is 11.4. The minimum Gasteiger partial charge on any atom is -0.496 e. The first kappa shape index (κ1) is 15.4. The number of nitrogens with one attached hydrogen (secondary N) is 1. The number of aromatic amines is 1. The average Bonchev–Trinajstić information content (AvgIpc) is 3.16. The first-order valence-electron chi connectivity index (χ1n) is 7.78. The lowest BCUT2D eigenvalue weighted by atomic mass is 9.85. The van der Waals surface area contributed by atoms with Crippen LogP contribution >= 0.6 is 0 Å². The Kier molecular flexibility index (Phi) is 4.49. The van der Waals surface area contributed by atoms with Crippen molar-refractivity contribution in [3.8, 4) is 5.75 Å². The highest BCUT2D eigenvalue weighted by molar-refractivity contribution is 5.36. The SMILES string of the molecule is COc1ccccc1CCC(O)(c1ccccc1)c1ccc[nH]1. The van der Waals surface area contributed by atoms with E-state index in [4.69, 9.17) is 4.74 Å². The highest BCUT2D eigenvalue weighted by atomic mass is 16.5. The predicted molar refractivity (Wildman–Crippen MR) is 91.5 cm³/mol. The van der Waals surface area contributed by atoms with E-state index in [0.29, 0.717) is 12.8 Å². The van der Waals surface area contributed by atoms with Crippen LogP contribution in [0.15, 0.2) is 72.9 Å². The Balaban J connectivity index is 1.91. The van der Waals surface area contributed by atoms with Crippen molar-refractivity contribution in [3.05, 3.63) is 89.7 Å². The van der Waals surface area contributed by atoms with Crippen LogP contribution in [0.4, 0.5) is 0 Å². The monoisotopic (exact) mass is 307 g/mol. The summed E-state index contributed by atoms with van der Waals surface area (Å²) in [6.45, 7) is 0. The molecule has 3 aromatic rings. The molecule has 23 heavy (non-hydrogen) atoms. The molecule has 3 heteroatoms. The fourth-order valence-corrected chi connectivity index (χ4v) is 2.96. The number of hydrogen-bond donors (Lipinski definition) is 2. The molecule has 0 amide bonds. The van der Waals surface area contributed by atoms with Crippen LogP contribution in [0.2, 0.25) is 0 Å². The number of hydrogen-bond acceptors (Lipinski definition) is 2. The van der Waals surface area contributed by atoms with Gasteiger partial charge in [0.25, 0.3) is 0 Å². The van der Waals surface area contributed by atoms with E-state index in [1.807, 2.05) is 72.9 Å². The first-order valence-corrected chi connectivity index (χ1v) is 7.78. The third-order valence-electron chi connectivity index (χ3n) is 4.24. The molecule has 118 valence electrons. The number of methoxy groups -OCH3 is 1. The standard InChI is InChI=1S/C20H21NO2/c1-23-18-11-6-5-8-16(18)13-14-20(22,19-12-7-15-21-19)17-9-3-2-4-10-17/h2-12,15,21-22H,13-14H2,1H3. The lowest BCUT2D eigenvalue weighted by molar-refractivity contribution is 0.0671. The molecule has 0 spiro atoms. The van der Waals surface area contributed by atoms with Crippen LogP contribution in [0.5, 0.6) is 5.75 Å². The quantitative estimate of drug-likeness (QED) is 0.725. The minimum atomic E-state index is -1.05. The molecular weight excluding hydrogens is 286 g/mol. The van der Waals surface area contributed by atoms with Gasteiger partial charge in [-0.25, -0.2) is 0 Å². The first-order chi connectivity index (χ1) is 11.2. The fraction of sp³-hybridized carbons (Fsp3) is 0.200. The second kappa shape index (κ2) is 6.71. The van der Waals surface area contributed by atoms with Gasteiger partial charge in [0.05, 0.1) is 12.8 Å². The molecule has 0 aliphatic carbocycles. The molecule has 2 N–H and O–H groups in total. The van der Waals surface area contributed by atoms with E-state index in [9.17, 15) is 5.11 Å². The van der Waals surface area contributed by atoms with E-state index >= 15 is 0 Å². The Labute approximate surface area is 136 Å². The normalized spacial score (nSPS) is 13.5. The smallest absolute Gasteiger partial charge is 0.130 e. The van der Waals surface area contributed by atoms with E-state index < -0.39 is 5.60 Å². The van der Waals surface area contributed by atoms with Gasteiger partial charge in [-0.2, -0.15) is 0 Å². The molecule has 0 radical (unpaired) electrons. The third-order valence-corrected chi connectivity index (χ3v) is 4.24. The van der Waals surface area contributed by atoms with Gasteiger partial charge in [-0.3, -0.25) is 0 Å². The van der Waals surface area contributed by atoms with Gasteiger partial charge in [-0.05, 0) is 42.2 Å². The lowest BCUT2D eigenvalue weighted by Crippen LogP contribution is -2.28. The number of H-pyrrole nitrogens is 1. The average molecular weight is 307 g/mol. The van der Waals surface area contributed by atoms with Gasteiger partial charge < -0.3 is 14.8 Å². The van der Waals surface area contributed by atoms with E-state index in [0.717, 1.165) is 22.6 Å². The van der Waals surface area contributed by atoms with E-state index in [1.165, 1.54) is 0 Å². The van der Waals surface area contributed by atoms with Crippen LogP contribution in [-0.4, -0.2) is 17.2 Å². The van der Waals surface area contributed by atoms with E-state index in [2.05, 4.69) is 4.98 Å². The molecule has 3 rings (SSSR count). The van der Waals surface area contributed by atoms with Gasteiger partial charge in [-0.15, -0.1) is 0 Å².